The number of fused-ring (bicyclic) bond motifs is 1. The number of para-hydroxylation sites is 2. The molecule has 1 atom stereocenters. The summed E-state index contributed by atoms with van der Waals surface area (Å²) in [5, 5.41) is 14.2. The van der Waals surface area contributed by atoms with Crippen molar-refractivity contribution in [3.05, 3.63) is 102 Å². The van der Waals surface area contributed by atoms with Crippen LogP contribution in [0.3, 0.4) is 0 Å². The average Bonchev–Trinajstić information content (AvgIpc) is 3.22. The summed E-state index contributed by atoms with van der Waals surface area (Å²) in [6.07, 6.45) is 1.96. The molecule has 0 aliphatic carbocycles. The second-order valence-electron chi connectivity index (χ2n) is 7.73. The predicted octanol–water partition coefficient (Wildman–Crippen LogP) is 4.22. The number of amides is 1. The normalized spacial score (nSPS) is 12.8. The molecule has 0 saturated heterocycles. The maximum absolute atomic E-state index is 13.1. The third-order valence-electron chi connectivity index (χ3n) is 5.65. The fourth-order valence-corrected chi connectivity index (χ4v) is 4.01. The zero-order chi connectivity index (χ0) is 22.6. The molecule has 162 valence electrons. The van der Waals surface area contributed by atoms with Crippen LogP contribution in [0.15, 0.2) is 85.1 Å². The number of carbonyl (C=O) groups excluding carboxylic acids is 1. The van der Waals surface area contributed by atoms with Gasteiger partial charge in [0.1, 0.15) is 11.3 Å². The molecule has 32 heavy (non-hydrogen) atoms. The van der Waals surface area contributed by atoms with Crippen molar-refractivity contribution in [2.75, 3.05) is 7.11 Å². The summed E-state index contributed by atoms with van der Waals surface area (Å²) in [5.74, 6) is -0.980. The van der Waals surface area contributed by atoms with E-state index >= 15 is 0 Å². The molecular formula is C26H24N2O4. The van der Waals surface area contributed by atoms with E-state index < -0.39 is 17.4 Å². The lowest BCUT2D eigenvalue weighted by atomic mass is 9.83. The average molecular weight is 428 g/mol. The van der Waals surface area contributed by atoms with E-state index in [1.807, 2.05) is 48.5 Å². The van der Waals surface area contributed by atoms with Gasteiger partial charge >= 0.3 is 5.97 Å². The number of H-pyrrole nitrogens is 1. The Bertz CT molecular complexity index is 1250. The topological polar surface area (TPSA) is 91.4 Å². The Morgan fingerprint density at radius 1 is 0.906 bits per heavy atom. The molecular weight excluding hydrogens is 404 g/mol. The van der Waals surface area contributed by atoms with Crippen LogP contribution in [0.25, 0.3) is 10.9 Å². The number of aromatic amines is 1. The standard InChI is InChI=1S/C26H24N2O4/c1-32-23-14-8-5-11-19(23)15-26(25(30)31,28-24(29)18-9-3-2-4-10-18)16-20-17-27-22-13-7-6-12-21(20)22/h2-14,17,27H,15-16H2,1H3,(H,28,29)(H,30,31). The lowest BCUT2D eigenvalue weighted by Gasteiger charge is -2.31. The van der Waals surface area contributed by atoms with Crippen molar-refractivity contribution in [2.24, 2.45) is 0 Å². The number of carboxylic acid groups (broad SMARTS) is 1. The molecule has 1 aromatic heterocycles. The zero-order valence-corrected chi connectivity index (χ0v) is 17.7. The Labute approximate surface area is 185 Å². The Morgan fingerprint density at radius 2 is 1.56 bits per heavy atom. The number of aliphatic carboxylic acids is 1. The van der Waals surface area contributed by atoms with Gasteiger partial charge < -0.3 is 20.1 Å². The van der Waals surface area contributed by atoms with Crippen molar-refractivity contribution in [3.63, 3.8) is 0 Å². The van der Waals surface area contributed by atoms with Gasteiger partial charge in [-0.15, -0.1) is 0 Å². The van der Waals surface area contributed by atoms with Gasteiger partial charge in [-0.2, -0.15) is 0 Å². The van der Waals surface area contributed by atoms with Crippen LogP contribution in [-0.4, -0.2) is 34.6 Å². The molecule has 4 rings (SSSR count). The molecule has 4 aromatic rings. The molecule has 3 aromatic carbocycles. The van der Waals surface area contributed by atoms with Crippen LogP contribution in [0.1, 0.15) is 21.5 Å². The molecule has 1 amide bonds. The van der Waals surface area contributed by atoms with Crippen molar-refractivity contribution in [2.45, 2.75) is 18.4 Å². The molecule has 1 heterocycles. The number of benzene rings is 3. The Balaban J connectivity index is 1.79. The Morgan fingerprint density at radius 3 is 2.31 bits per heavy atom. The number of rotatable bonds is 8. The second-order valence-corrected chi connectivity index (χ2v) is 7.73. The van der Waals surface area contributed by atoms with Crippen LogP contribution in [0.4, 0.5) is 0 Å². The molecule has 0 radical (unpaired) electrons. The molecule has 0 saturated carbocycles. The molecule has 0 spiro atoms. The molecule has 3 N–H and O–H groups in total. The highest BCUT2D eigenvalue weighted by Crippen LogP contribution is 2.29. The molecule has 0 aliphatic rings. The van der Waals surface area contributed by atoms with Gasteiger partial charge in [-0.25, -0.2) is 4.79 Å². The van der Waals surface area contributed by atoms with Crippen LogP contribution in [-0.2, 0) is 17.6 Å². The first-order chi connectivity index (χ1) is 15.5. The molecule has 6 heteroatoms. The number of ether oxygens (including phenoxy) is 1. The minimum absolute atomic E-state index is 0.0599. The molecule has 0 aliphatic heterocycles. The van der Waals surface area contributed by atoms with Gasteiger partial charge in [0, 0.05) is 35.5 Å². The van der Waals surface area contributed by atoms with Crippen LogP contribution < -0.4 is 10.1 Å². The monoisotopic (exact) mass is 428 g/mol. The summed E-state index contributed by atoms with van der Waals surface area (Å²) >= 11 is 0. The van der Waals surface area contributed by atoms with Gasteiger partial charge in [-0.1, -0.05) is 54.6 Å². The van der Waals surface area contributed by atoms with E-state index in [0.717, 1.165) is 16.5 Å². The van der Waals surface area contributed by atoms with E-state index in [-0.39, 0.29) is 12.8 Å². The van der Waals surface area contributed by atoms with E-state index in [1.165, 1.54) is 0 Å². The summed E-state index contributed by atoms with van der Waals surface area (Å²) in [6, 6.07) is 23.6. The van der Waals surface area contributed by atoms with E-state index in [4.69, 9.17) is 4.74 Å². The molecule has 6 nitrogen and oxygen atoms in total. The first-order valence-electron chi connectivity index (χ1n) is 10.3. The van der Waals surface area contributed by atoms with E-state index in [2.05, 4.69) is 10.3 Å². The van der Waals surface area contributed by atoms with Crippen molar-refractivity contribution in [3.8, 4) is 5.75 Å². The highest BCUT2D eigenvalue weighted by atomic mass is 16.5. The third-order valence-corrected chi connectivity index (χ3v) is 5.65. The molecule has 0 bridgehead atoms. The van der Waals surface area contributed by atoms with Crippen molar-refractivity contribution < 1.29 is 19.4 Å². The minimum Gasteiger partial charge on any atom is -0.496 e. The van der Waals surface area contributed by atoms with Gasteiger partial charge in [0.05, 0.1) is 7.11 Å². The fraction of sp³-hybridized carbons (Fsp3) is 0.154. The van der Waals surface area contributed by atoms with Gasteiger partial charge in [0.25, 0.3) is 5.91 Å². The zero-order valence-electron chi connectivity index (χ0n) is 17.7. The van der Waals surface area contributed by atoms with Crippen molar-refractivity contribution in [1.82, 2.24) is 10.3 Å². The number of hydrogen-bond donors (Lipinski definition) is 3. The number of methoxy groups -OCH3 is 1. The second kappa shape index (κ2) is 8.98. The minimum atomic E-state index is -1.59. The number of aromatic nitrogens is 1. The van der Waals surface area contributed by atoms with Gasteiger partial charge in [-0.3, -0.25) is 4.79 Å². The SMILES string of the molecule is COc1ccccc1CC(Cc1c[nH]c2ccccc12)(NC(=O)c1ccccc1)C(=O)O. The van der Waals surface area contributed by atoms with Crippen LogP contribution in [0, 0.1) is 0 Å². The maximum atomic E-state index is 13.1. The lowest BCUT2D eigenvalue weighted by Crippen LogP contribution is -2.57. The van der Waals surface area contributed by atoms with Crippen LogP contribution in [0.5, 0.6) is 5.75 Å². The first-order valence-corrected chi connectivity index (χ1v) is 10.3. The summed E-state index contributed by atoms with van der Waals surface area (Å²) in [4.78, 5) is 29.1. The van der Waals surface area contributed by atoms with Crippen molar-refractivity contribution in [1.29, 1.82) is 0 Å². The lowest BCUT2D eigenvalue weighted by molar-refractivity contribution is -0.144. The van der Waals surface area contributed by atoms with E-state index in [1.54, 1.807) is 43.6 Å². The molecule has 1 unspecified atom stereocenters. The largest absolute Gasteiger partial charge is 0.496 e. The highest BCUT2D eigenvalue weighted by molar-refractivity contribution is 5.98. The van der Waals surface area contributed by atoms with E-state index in [0.29, 0.717) is 16.9 Å². The molecule has 0 fully saturated rings. The van der Waals surface area contributed by atoms with Crippen LogP contribution in [0.2, 0.25) is 0 Å². The fourth-order valence-electron chi connectivity index (χ4n) is 4.01. The van der Waals surface area contributed by atoms with E-state index in [9.17, 15) is 14.7 Å². The maximum Gasteiger partial charge on any atom is 0.330 e. The van der Waals surface area contributed by atoms with Crippen LogP contribution >= 0.6 is 0 Å². The summed E-state index contributed by atoms with van der Waals surface area (Å²) < 4.78 is 5.45. The number of carboxylic acids is 1. The first kappa shape index (κ1) is 21.2. The number of nitrogens with one attached hydrogen (secondary N) is 2. The Kier molecular flexibility index (Phi) is 5.94. The third kappa shape index (κ3) is 4.21. The quantitative estimate of drug-likeness (QED) is 0.392. The summed E-state index contributed by atoms with van der Waals surface area (Å²) in [7, 11) is 1.55. The number of carbonyl (C=O) groups is 2. The van der Waals surface area contributed by atoms with Gasteiger partial charge in [0.2, 0.25) is 0 Å². The summed E-state index contributed by atoms with van der Waals surface area (Å²) in [6.45, 7) is 0. The highest BCUT2D eigenvalue weighted by Gasteiger charge is 2.42. The van der Waals surface area contributed by atoms with Gasteiger partial charge in [-0.05, 0) is 35.4 Å². The summed E-state index contributed by atoms with van der Waals surface area (Å²) in [5.41, 5.74) is 1.23. The number of hydrogen-bond acceptors (Lipinski definition) is 3. The van der Waals surface area contributed by atoms with Gasteiger partial charge in [0.15, 0.2) is 0 Å². The Hall–Kier alpha value is -4.06. The predicted molar refractivity (Wildman–Crippen MR) is 123 cm³/mol. The van der Waals surface area contributed by atoms with Crippen molar-refractivity contribution >= 4 is 22.8 Å². The smallest absolute Gasteiger partial charge is 0.330 e.